The molecule has 0 bridgehead atoms. The van der Waals surface area contributed by atoms with E-state index in [9.17, 15) is 26.3 Å². The number of unbranched alkanes of at least 4 members (excludes halogenated alkanes) is 1. The van der Waals surface area contributed by atoms with Crippen molar-refractivity contribution in [2.75, 3.05) is 10.6 Å². The molecule has 5 rings (SSSR count). The van der Waals surface area contributed by atoms with Gasteiger partial charge in [0.15, 0.2) is 0 Å². The second kappa shape index (κ2) is 11.5. The highest BCUT2D eigenvalue weighted by Gasteiger charge is 2.31. The van der Waals surface area contributed by atoms with E-state index in [-0.39, 0.29) is 23.0 Å². The number of nitrogens with one attached hydrogen (secondary N) is 4. The van der Waals surface area contributed by atoms with E-state index >= 15 is 0 Å². The number of benzene rings is 4. The fourth-order valence-electron chi connectivity index (χ4n) is 4.95. The Morgan fingerprint density at radius 1 is 0.651 bits per heavy atom. The third kappa shape index (κ3) is 6.35. The highest BCUT2D eigenvalue weighted by molar-refractivity contribution is 6.16. The molecule has 0 spiro atoms. The zero-order valence-corrected chi connectivity index (χ0v) is 22.9. The summed E-state index contributed by atoms with van der Waals surface area (Å²) in [6, 6.07) is 20.0. The number of fused-ring (bicyclic) bond motifs is 3. The number of nitrogens with zero attached hydrogens (tertiary/aromatic N) is 1. The molecule has 1 heterocycles. The molecule has 43 heavy (non-hydrogen) atoms. The lowest BCUT2D eigenvalue weighted by Gasteiger charge is -2.12. The van der Waals surface area contributed by atoms with Gasteiger partial charge >= 0.3 is 12.4 Å². The van der Waals surface area contributed by atoms with Crippen LogP contribution in [-0.2, 0) is 18.9 Å². The Morgan fingerprint density at radius 2 is 1.09 bits per heavy atom. The van der Waals surface area contributed by atoms with Crippen LogP contribution in [0.1, 0.15) is 42.0 Å². The third-order valence-electron chi connectivity index (χ3n) is 7.10. The lowest BCUT2D eigenvalue weighted by atomic mass is 10.1. The topological polar surface area (TPSA) is 76.7 Å². The molecule has 4 N–H and O–H groups in total. The van der Waals surface area contributed by atoms with Gasteiger partial charge in [-0.2, -0.15) is 26.3 Å². The first-order chi connectivity index (χ1) is 20.3. The zero-order valence-electron chi connectivity index (χ0n) is 22.9. The molecule has 5 aromatic rings. The summed E-state index contributed by atoms with van der Waals surface area (Å²) in [7, 11) is 0. The molecule has 4 aromatic carbocycles. The third-order valence-corrected chi connectivity index (χ3v) is 7.10. The van der Waals surface area contributed by atoms with Crippen molar-refractivity contribution >= 4 is 44.9 Å². The maximum Gasteiger partial charge on any atom is 0.416 e. The summed E-state index contributed by atoms with van der Waals surface area (Å²) in [4.78, 5) is 0. The first kappa shape index (κ1) is 29.7. The van der Waals surface area contributed by atoms with E-state index in [0.29, 0.717) is 11.1 Å². The summed E-state index contributed by atoms with van der Waals surface area (Å²) in [6.45, 7) is 2.79. The highest BCUT2D eigenvalue weighted by Crippen LogP contribution is 2.34. The van der Waals surface area contributed by atoms with Gasteiger partial charge in [0.1, 0.15) is 11.7 Å². The molecule has 1 aromatic heterocycles. The number of alkyl halides is 6. The van der Waals surface area contributed by atoms with Gasteiger partial charge in [-0.3, -0.25) is 10.8 Å². The number of anilines is 2. The number of hydrogen-bond donors (Lipinski definition) is 4. The summed E-state index contributed by atoms with van der Waals surface area (Å²) < 4.78 is 81.2. The van der Waals surface area contributed by atoms with E-state index in [1.54, 1.807) is 24.3 Å². The highest BCUT2D eigenvalue weighted by atomic mass is 19.4. The van der Waals surface area contributed by atoms with Crippen LogP contribution in [0, 0.1) is 10.8 Å². The fourth-order valence-corrected chi connectivity index (χ4v) is 4.95. The molecule has 5 nitrogen and oxygen atoms in total. The first-order valence-electron chi connectivity index (χ1n) is 13.5. The molecule has 0 saturated carbocycles. The molecule has 0 amide bonds. The van der Waals surface area contributed by atoms with Crippen LogP contribution in [-0.4, -0.2) is 16.2 Å². The second-order valence-corrected chi connectivity index (χ2v) is 10.1. The molecule has 0 aliphatic carbocycles. The molecule has 0 aliphatic rings. The normalized spacial score (nSPS) is 12.1. The van der Waals surface area contributed by atoms with Gasteiger partial charge in [-0.05, 0) is 79.2 Å². The summed E-state index contributed by atoms with van der Waals surface area (Å²) in [5.74, 6) is -0.184. The van der Waals surface area contributed by atoms with E-state index in [0.717, 1.165) is 65.5 Å². The Hall–Kier alpha value is -4.80. The Morgan fingerprint density at radius 3 is 1.49 bits per heavy atom. The van der Waals surface area contributed by atoms with Crippen molar-refractivity contribution in [3.63, 3.8) is 0 Å². The van der Waals surface area contributed by atoms with Crippen LogP contribution in [0.25, 0.3) is 21.8 Å². The van der Waals surface area contributed by atoms with Gasteiger partial charge in [0, 0.05) is 50.9 Å². The average Bonchev–Trinajstić information content (AvgIpc) is 3.27. The van der Waals surface area contributed by atoms with E-state index in [1.165, 1.54) is 24.3 Å². The van der Waals surface area contributed by atoms with Gasteiger partial charge in [0.25, 0.3) is 0 Å². The summed E-state index contributed by atoms with van der Waals surface area (Å²) in [5.41, 5.74) is 1.26. The Bertz CT molecular complexity index is 1710. The molecule has 222 valence electrons. The molecule has 0 saturated heterocycles. The number of hydrogen-bond acceptors (Lipinski definition) is 2. The molecular weight excluding hydrogens is 568 g/mol. The van der Waals surface area contributed by atoms with Gasteiger partial charge in [0.2, 0.25) is 0 Å². The molecule has 0 unspecified atom stereocenters. The maximum atomic E-state index is 13.2. The second-order valence-electron chi connectivity index (χ2n) is 10.1. The first-order valence-corrected chi connectivity index (χ1v) is 13.5. The number of halogens is 6. The molecule has 0 radical (unpaired) electrons. The minimum atomic E-state index is -4.51. The smallest absolute Gasteiger partial charge is 0.340 e. The van der Waals surface area contributed by atoms with Crippen molar-refractivity contribution in [3.05, 3.63) is 107 Å². The minimum absolute atomic E-state index is 0.0919. The molecule has 0 aliphatic heterocycles. The Labute approximate surface area is 243 Å². The largest absolute Gasteiger partial charge is 0.416 e. The lowest BCUT2D eigenvalue weighted by molar-refractivity contribution is -0.138. The lowest BCUT2D eigenvalue weighted by Crippen LogP contribution is -2.13. The van der Waals surface area contributed by atoms with Crippen LogP contribution in [0.2, 0.25) is 0 Å². The molecule has 11 heteroatoms. The fraction of sp³-hybridized carbons (Fsp3) is 0.188. The standard InChI is InChI=1S/C32H27F6N5/c1-2-3-14-43-27-12-10-19(29(39)41-23-8-4-6-21(17-23)31(33,34)35)15-25(27)26-16-20(11-13-28(26)43)30(40)42-24-9-5-7-22(18-24)32(36,37)38/h4-13,15-18H,2-3,14H2,1H3,(H2,39,41)(H2,40,42). The average molecular weight is 596 g/mol. The molecular formula is C32H27F6N5. The van der Waals surface area contributed by atoms with Crippen LogP contribution in [0.4, 0.5) is 37.7 Å². The van der Waals surface area contributed by atoms with Crippen LogP contribution in [0.3, 0.4) is 0 Å². The van der Waals surface area contributed by atoms with Crippen LogP contribution in [0.5, 0.6) is 0 Å². The van der Waals surface area contributed by atoms with Gasteiger partial charge in [0.05, 0.1) is 11.1 Å². The van der Waals surface area contributed by atoms with Crippen LogP contribution < -0.4 is 10.6 Å². The van der Waals surface area contributed by atoms with E-state index in [1.807, 2.05) is 12.1 Å². The summed E-state index contributed by atoms with van der Waals surface area (Å²) >= 11 is 0. The Balaban J connectivity index is 1.51. The van der Waals surface area contributed by atoms with Crippen molar-refractivity contribution in [1.82, 2.24) is 4.57 Å². The monoisotopic (exact) mass is 595 g/mol. The van der Waals surface area contributed by atoms with Gasteiger partial charge < -0.3 is 15.2 Å². The predicted molar refractivity (Wildman–Crippen MR) is 158 cm³/mol. The van der Waals surface area contributed by atoms with Crippen molar-refractivity contribution in [1.29, 1.82) is 10.8 Å². The van der Waals surface area contributed by atoms with Crippen molar-refractivity contribution in [2.45, 2.75) is 38.7 Å². The number of aromatic nitrogens is 1. The van der Waals surface area contributed by atoms with Crippen LogP contribution in [0.15, 0.2) is 84.9 Å². The SMILES string of the molecule is CCCCn1c2ccc(C(=N)Nc3cccc(C(F)(F)F)c3)cc2c2cc(C(=N)Nc3cccc(C(F)(F)F)c3)ccc21. The van der Waals surface area contributed by atoms with Crippen LogP contribution >= 0.6 is 0 Å². The molecule has 0 atom stereocenters. The minimum Gasteiger partial charge on any atom is -0.340 e. The van der Waals surface area contributed by atoms with E-state index in [2.05, 4.69) is 22.1 Å². The quantitative estimate of drug-likeness (QED) is 0.0859. The van der Waals surface area contributed by atoms with Crippen molar-refractivity contribution in [2.24, 2.45) is 0 Å². The van der Waals surface area contributed by atoms with Gasteiger partial charge in [-0.15, -0.1) is 0 Å². The predicted octanol–water partition coefficient (Wildman–Crippen LogP) is 9.51. The van der Waals surface area contributed by atoms with E-state index in [4.69, 9.17) is 10.8 Å². The number of amidine groups is 2. The van der Waals surface area contributed by atoms with Crippen molar-refractivity contribution in [3.8, 4) is 0 Å². The van der Waals surface area contributed by atoms with Gasteiger partial charge in [-0.25, -0.2) is 0 Å². The number of aryl methyl sites for hydroxylation is 1. The Kier molecular flexibility index (Phi) is 7.92. The zero-order chi connectivity index (χ0) is 30.9. The maximum absolute atomic E-state index is 13.2. The van der Waals surface area contributed by atoms with E-state index < -0.39 is 23.5 Å². The number of rotatable bonds is 7. The van der Waals surface area contributed by atoms with Gasteiger partial charge in [-0.1, -0.05) is 25.5 Å². The summed E-state index contributed by atoms with van der Waals surface area (Å²) in [6.07, 6.45) is -7.17. The van der Waals surface area contributed by atoms with Crippen molar-refractivity contribution < 1.29 is 26.3 Å². The molecule has 0 fully saturated rings. The summed E-state index contributed by atoms with van der Waals surface area (Å²) in [5, 5.41) is 24.2.